The molecule has 1 aliphatic heterocycles. The molecule has 3 aromatic rings. The first kappa shape index (κ1) is 25.8. The fourth-order valence-corrected chi connectivity index (χ4v) is 4.85. The predicted molar refractivity (Wildman–Crippen MR) is 123 cm³/mol. The fraction of sp³-hybridized carbons (Fsp3) is 0.333. The molecule has 1 aromatic carbocycles. The minimum absolute atomic E-state index is 0.0418. The Bertz CT molecular complexity index is 1440. The normalized spacial score (nSPS) is 19.1. The molecule has 1 aliphatic rings. The third-order valence-electron chi connectivity index (χ3n) is 5.56. The third kappa shape index (κ3) is 5.43. The standard InChI is InChI=1S/C21H18ClF4N7O2S/c1-36(34,35)33-5-4-16(15(23)9-33)30-20-28-8-13(21(24,25)26)19(31-20)17-10-32(11-29-17)18-3-2-12(7-27)6-14(18)22/h2-3,6,8,10-11,15-16H,4-5,9H2,1H3,(H,28,30,31)/t15-,16-/m1/s1. The van der Waals surface area contributed by atoms with Gasteiger partial charge in [-0.05, 0) is 24.6 Å². The molecule has 4 rings (SSSR count). The van der Waals surface area contributed by atoms with E-state index in [0.717, 1.165) is 10.6 Å². The van der Waals surface area contributed by atoms with Crippen LogP contribution < -0.4 is 5.32 Å². The second-order valence-electron chi connectivity index (χ2n) is 8.07. The van der Waals surface area contributed by atoms with Crippen molar-refractivity contribution in [3.8, 4) is 23.1 Å². The molecule has 9 nitrogen and oxygen atoms in total. The number of alkyl halides is 4. The number of nitrogens with zero attached hydrogens (tertiary/aromatic N) is 6. The van der Waals surface area contributed by atoms with Crippen LogP contribution in [0.25, 0.3) is 17.1 Å². The summed E-state index contributed by atoms with van der Waals surface area (Å²) in [6.07, 6.45) is -2.26. The van der Waals surface area contributed by atoms with Gasteiger partial charge in [0.15, 0.2) is 0 Å². The zero-order chi connectivity index (χ0) is 26.3. The number of nitrogens with one attached hydrogen (secondary N) is 1. The first-order valence-corrected chi connectivity index (χ1v) is 12.6. The van der Waals surface area contributed by atoms with Crippen molar-refractivity contribution in [1.29, 1.82) is 5.26 Å². The van der Waals surface area contributed by atoms with Gasteiger partial charge in [0.2, 0.25) is 16.0 Å². The summed E-state index contributed by atoms with van der Waals surface area (Å²) in [4.78, 5) is 11.7. The highest BCUT2D eigenvalue weighted by atomic mass is 35.5. The first-order chi connectivity index (χ1) is 16.9. The average Bonchev–Trinajstić information content (AvgIpc) is 3.28. The molecule has 0 unspecified atom stereocenters. The topological polar surface area (TPSA) is 117 Å². The number of aromatic nitrogens is 4. The predicted octanol–water partition coefficient (Wildman–Crippen LogP) is 3.66. The largest absolute Gasteiger partial charge is 0.420 e. The monoisotopic (exact) mass is 543 g/mol. The molecule has 190 valence electrons. The van der Waals surface area contributed by atoms with Crippen molar-refractivity contribution in [3.63, 3.8) is 0 Å². The summed E-state index contributed by atoms with van der Waals surface area (Å²) in [6, 6.07) is 5.47. The van der Waals surface area contributed by atoms with Gasteiger partial charge in [0.25, 0.3) is 0 Å². The summed E-state index contributed by atoms with van der Waals surface area (Å²) in [5.41, 5.74) is -1.13. The van der Waals surface area contributed by atoms with Crippen LogP contribution in [0.3, 0.4) is 0 Å². The molecule has 36 heavy (non-hydrogen) atoms. The number of sulfonamides is 1. The Labute approximate surface area is 208 Å². The van der Waals surface area contributed by atoms with E-state index < -0.39 is 39.7 Å². The molecule has 0 bridgehead atoms. The van der Waals surface area contributed by atoms with Crippen molar-refractivity contribution in [3.05, 3.63) is 53.1 Å². The maximum absolute atomic E-state index is 14.6. The Balaban J connectivity index is 1.65. The number of piperidine rings is 1. The highest BCUT2D eigenvalue weighted by Crippen LogP contribution is 2.36. The molecule has 3 heterocycles. The number of benzene rings is 1. The summed E-state index contributed by atoms with van der Waals surface area (Å²) in [7, 11) is -3.57. The number of halogens is 5. The van der Waals surface area contributed by atoms with Gasteiger partial charge in [-0.3, -0.25) is 0 Å². The van der Waals surface area contributed by atoms with E-state index in [0.29, 0.717) is 17.4 Å². The lowest BCUT2D eigenvalue weighted by Crippen LogP contribution is -2.49. The van der Waals surface area contributed by atoms with Gasteiger partial charge < -0.3 is 9.88 Å². The molecule has 1 fully saturated rings. The summed E-state index contributed by atoms with van der Waals surface area (Å²) >= 11 is 6.20. The molecular formula is C21H18ClF4N7O2S. The third-order valence-corrected chi connectivity index (χ3v) is 7.13. The number of anilines is 1. The van der Waals surface area contributed by atoms with E-state index in [2.05, 4.69) is 20.3 Å². The van der Waals surface area contributed by atoms with Crippen molar-refractivity contribution >= 4 is 27.6 Å². The molecular weight excluding hydrogens is 526 g/mol. The minimum Gasteiger partial charge on any atom is -0.348 e. The first-order valence-electron chi connectivity index (χ1n) is 10.4. The van der Waals surface area contributed by atoms with Crippen LogP contribution in [-0.4, -0.2) is 63.8 Å². The van der Waals surface area contributed by atoms with Gasteiger partial charge >= 0.3 is 6.18 Å². The van der Waals surface area contributed by atoms with E-state index in [-0.39, 0.29) is 36.2 Å². The summed E-state index contributed by atoms with van der Waals surface area (Å²) in [6.45, 7) is -0.347. The van der Waals surface area contributed by atoms with Crippen molar-refractivity contribution in [2.45, 2.75) is 24.8 Å². The summed E-state index contributed by atoms with van der Waals surface area (Å²) in [5, 5.41) is 11.9. The van der Waals surface area contributed by atoms with Crippen LogP contribution >= 0.6 is 11.6 Å². The number of hydrogen-bond acceptors (Lipinski definition) is 7. The van der Waals surface area contributed by atoms with E-state index in [9.17, 15) is 26.0 Å². The number of hydrogen-bond donors (Lipinski definition) is 1. The molecule has 15 heteroatoms. The van der Waals surface area contributed by atoms with Crippen LogP contribution in [0.2, 0.25) is 5.02 Å². The summed E-state index contributed by atoms with van der Waals surface area (Å²) in [5.74, 6) is -0.260. The van der Waals surface area contributed by atoms with Gasteiger partial charge in [0.05, 0.1) is 34.6 Å². The van der Waals surface area contributed by atoms with Crippen LogP contribution in [-0.2, 0) is 16.2 Å². The van der Waals surface area contributed by atoms with Crippen LogP contribution in [0, 0.1) is 11.3 Å². The fourth-order valence-electron chi connectivity index (χ4n) is 3.72. The second kappa shape index (κ2) is 9.64. The van der Waals surface area contributed by atoms with Gasteiger partial charge in [-0.15, -0.1) is 0 Å². The lowest BCUT2D eigenvalue weighted by molar-refractivity contribution is -0.137. The molecule has 2 aromatic heterocycles. The summed E-state index contributed by atoms with van der Waals surface area (Å²) < 4.78 is 81.5. The number of imidazole rings is 1. The van der Waals surface area contributed by atoms with Gasteiger partial charge in [-0.25, -0.2) is 27.8 Å². The Kier molecular flexibility index (Phi) is 6.91. The Morgan fingerprint density at radius 1 is 1.28 bits per heavy atom. The van der Waals surface area contributed by atoms with Gasteiger partial charge in [-0.1, -0.05) is 11.6 Å². The highest BCUT2D eigenvalue weighted by Gasteiger charge is 2.37. The zero-order valence-corrected chi connectivity index (χ0v) is 20.1. The van der Waals surface area contributed by atoms with Crippen molar-refractivity contribution in [2.24, 2.45) is 0 Å². The van der Waals surface area contributed by atoms with E-state index in [1.54, 1.807) is 0 Å². The molecule has 0 radical (unpaired) electrons. The van der Waals surface area contributed by atoms with E-state index in [1.165, 1.54) is 35.3 Å². The Morgan fingerprint density at radius 3 is 2.64 bits per heavy atom. The molecule has 0 saturated carbocycles. The quantitative estimate of drug-likeness (QED) is 0.488. The molecule has 0 spiro atoms. The van der Waals surface area contributed by atoms with E-state index >= 15 is 0 Å². The van der Waals surface area contributed by atoms with Crippen LogP contribution in [0.5, 0.6) is 0 Å². The van der Waals surface area contributed by atoms with Crippen LogP contribution in [0.1, 0.15) is 17.5 Å². The molecule has 1 N–H and O–H groups in total. The van der Waals surface area contributed by atoms with Crippen LogP contribution in [0.15, 0.2) is 36.9 Å². The maximum atomic E-state index is 14.6. The van der Waals surface area contributed by atoms with Gasteiger partial charge in [0, 0.05) is 25.5 Å². The SMILES string of the molecule is CS(=O)(=O)N1CC[C@@H](Nc2ncc(C(F)(F)F)c(-c3cn(-c4ccc(C#N)cc4Cl)cn3)n2)[C@H](F)C1. The molecule has 2 atom stereocenters. The lowest BCUT2D eigenvalue weighted by atomic mass is 10.1. The second-order valence-corrected chi connectivity index (χ2v) is 10.5. The minimum atomic E-state index is -4.80. The molecule has 0 aliphatic carbocycles. The van der Waals surface area contributed by atoms with Crippen molar-refractivity contribution in [1.82, 2.24) is 23.8 Å². The number of rotatable bonds is 5. The lowest BCUT2D eigenvalue weighted by Gasteiger charge is -2.33. The van der Waals surface area contributed by atoms with Crippen molar-refractivity contribution < 1.29 is 26.0 Å². The molecule has 1 saturated heterocycles. The smallest absolute Gasteiger partial charge is 0.348 e. The molecule has 0 amide bonds. The van der Waals surface area contributed by atoms with E-state index in [4.69, 9.17) is 16.9 Å². The zero-order valence-electron chi connectivity index (χ0n) is 18.5. The number of nitriles is 1. The van der Waals surface area contributed by atoms with Gasteiger partial charge in [-0.2, -0.15) is 22.7 Å². The van der Waals surface area contributed by atoms with Crippen molar-refractivity contribution in [2.75, 3.05) is 24.7 Å². The Morgan fingerprint density at radius 2 is 2.03 bits per heavy atom. The highest BCUT2D eigenvalue weighted by molar-refractivity contribution is 7.88. The average molecular weight is 544 g/mol. The van der Waals surface area contributed by atoms with Gasteiger partial charge in [0.1, 0.15) is 29.5 Å². The Hall–Kier alpha value is -3.28. The van der Waals surface area contributed by atoms with E-state index in [1.807, 2.05) is 6.07 Å². The maximum Gasteiger partial charge on any atom is 0.420 e. The van der Waals surface area contributed by atoms with Crippen LogP contribution in [0.4, 0.5) is 23.5 Å².